The van der Waals surface area contributed by atoms with Crippen molar-refractivity contribution >= 4 is 12.4 Å². The maximum absolute atomic E-state index is 12.9. The maximum Gasteiger partial charge on any atom is 0.418 e. The summed E-state index contributed by atoms with van der Waals surface area (Å²) in [5.41, 5.74) is 3.49. The zero-order chi connectivity index (χ0) is 16.5. The highest BCUT2D eigenvalue weighted by molar-refractivity contribution is 5.85. The third-order valence-corrected chi connectivity index (χ3v) is 3.04. The number of halogens is 7. The van der Waals surface area contributed by atoms with Crippen molar-refractivity contribution in [3.05, 3.63) is 65.0 Å². The number of nitrogens with two attached hydrogens (primary N) is 1. The van der Waals surface area contributed by atoms with Crippen LogP contribution in [0.4, 0.5) is 26.3 Å². The molecule has 0 aliphatic rings. The Kier molecular flexibility index (Phi) is 5.65. The molecule has 0 amide bonds. The highest BCUT2D eigenvalue weighted by atomic mass is 35.5. The summed E-state index contributed by atoms with van der Waals surface area (Å²) in [5.74, 6) is 0. The first-order chi connectivity index (χ1) is 10.1. The van der Waals surface area contributed by atoms with E-state index in [1.54, 1.807) is 0 Å². The summed E-state index contributed by atoms with van der Waals surface area (Å²) in [6.45, 7) is 0. The molecule has 23 heavy (non-hydrogen) atoms. The van der Waals surface area contributed by atoms with Crippen molar-refractivity contribution in [3.63, 3.8) is 0 Å². The Balaban J connectivity index is 0.00000264. The molecule has 0 fully saturated rings. The molecular formula is C14H11ClF6N2. The molecule has 0 aliphatic heterocycles. The van der Waals surface area contributed by atoms with Gasteiger partial charge in [-0.2, -0.15) is 26.3 Å². The minimum Gasteiger partial charge on any atom is -0.319 e. The monoisotopic (exact) mass is 356 g/mol. The largest absolute Gasteiger partial charge is 0.418 e. The van der Waals surface area contributed by atoms with Crippen molar-refractivity contribution in [1.29, 1.82) is 0 Å². The van der Waals surface area contributed by atoms with Gasteiger partial charge in [0.05, 0.1) is 22.9 Å². The molecule has 0 radical (unpaired) electrons. The molecule has 1 aromatic heterocycles. The van der Waals surface area contributed by atoms with E-state index in [0.717, 1.165) is 42.6 Å². The smallest absolute Gasteiger partial charge is 0.319 e. The summed E-state index contributed by atoms with van der Waals surface area (Å²) in [5, 5.41) is 0. The highest BCUT2D eigenvalue weighted by Crippen LogP contribution is 2.35. The first-order valence-corrected chi connectivity index (χ1v) is 6.05. The third-order valence-electron chi connectivity index (χ3n) is 3.04. The van der Waals surface area contributed by atoms with Crippen LogP contribution in [0.5, 0.6) is 0 Å². The Morgan fingerprint density at radius 2 is 1.43 bits per heavy atom. The molecule has 1 atom stereocenters. The molecule has 2 nitrogen and oxygen atoms in total. The van der Waals surface area contributed by atoms with Crippen LogP contribution < -0.4 is 5.73 Å². The van der Waals surface area contributed by atoms with Gasteiger partial charge in [0.1, 0.15) is 0 Å². The summed E-state index contributed by atoms with van der Waals surface area (Å²) in [6, 6.07) is 4.29. The van der Waals surface area contributed by atoms with Crippen LogP contribution in [0.15, 0.2) is 42.6 Å². The van der Waals surface area contributed by atoms with Gasteiger partial charge in [0.25, 0.3) is 0 Å². The van der Waals surface area contributed by atoms with E-state index in [1.807, 2.05) is 0 Å². The minimum absolute atomic E-state index is 0. The van der Waals surface area contributed by atoms with Crippen LogP contribution in [0, 0.1) is 0 Å². The van der Waals surface area contributed by atoms with Crippen LogP contribution >= 0.6 is 12.4 Å². The van der Waals surface area contributed by atoms with Crippen LogP contribution in [0.1, 0.15) is 28.4 Å². The van der Waals surface area contributed by atoms with E-state index in [9.17, 15) is 26.3 Å². The zero-order valence-electron chi connectivity index (χ0n) is 11.3. The molecule has 0 spiro atoms. The average molecular weight is 357 g/mol. The van der Waals surface area contributed by atoms with Crippen molar-refractivity contribution in [2.24, 2.45) is 5.73 Å². The quantitative estimate of drug-likeness (QED) is 0.799. The van der Waals surface area contributed by atoms with Gasteiger partial charge >= 0.3 is 12.4 Å². The van der Waals surface area contributed by atoms with E-state index in [2.05, 4.69) is 4.98 Å². The van der Waals surface area contributed by atoms with E-state index in [0.29, 0.717) is 0 Å². The lowest BCUT2D eigenvalue weighted by atomic mass is 9.99. The Hall–Kier alpha value is -1.80. The number of pyridine rings is 1. The Bertz CT molecular complexity index is 652. The maximum atomic E-state index is 12.9. The van der Waals surface area contributed by atoms with Crippen LogP contribution in [0.3, 0.4) is 0 Å². The SMILES string of the molecule is Cl.NC(c1ccc(C(F)(F)F)cc1)c1ncccc1C(F)(F)F. The molecule has 9 heteroatoms. The van der Waals surface area contributed by atoms with Gasteiger partial charge in [-0.25, -0.2) is 0 Å². The number of nitrogens with zero attached hydrogens (tertiary/aromatic N) is 1. The number of benzene rings is 1. The summed E-state index contributed by atoms with van der Waals surface area (Å²) in [6.07, 6.45) is -8.02. The predicted molar refractivity (Wildman–Crippen MR) is 74.0 cm³/mol. The molecule has 1 heterocycles. The predicted octanol–water partition coefficient (Wildman–Crippen LogP) is 4.59. The van der Waals surface area contributed by atoms with Crippen molar-refractivity contribution in [2.75, 3.05) is 0 Å². The van der Waals surface area contributed by atoms with Crippen molar-refractivity contribution < 1.29 is 26.3 Å². The molecule has 1 unspecified atom stereocenters. The Morgan fingerprint density at radius 3 is 1.91 bits per heavy atom. The first-order valence-electron chi connectivity index (χ1n) is 6.05. The lowest BCUT2D eigenvalue weighted by molar-refractivity contribution is -0.139. The molecule has 2 aromatic rings. The first kappa shape index (κ1) is 19.2. The fourth-order valence-corrected chi connectivity index (χ4v) is 1.94. The van der Waals surface area contributed by atoms with Gasteiger partial charge in [0.2, 0.25) is 0 Å². The van der Waals surface area contributed by atoms with Gasteiger partial charge in [-0.3, -0.25) is 4.98 Å². The van der Waals surface area contributed by atoms with Crippen molar-refractivity contribution in [2.45, 2.75) is 18.4 Å². The fourth-order valence-electron chi connectivity index (χ4n) is 1.94. The minimum atomic E-state index is -4.65. The third kappa shape index (κ3) is 4.35. The Morgan fingerprint density at radius 1 is 0.870 bits per heavy atom. The summed E-state index contributed by atoms with van der Waals surface area (Å²) >= 11 is 0. The van der Waals surface area contributed by atoms with Gasteiger partial charge < -0.3 is 5.73 Å². The standard InChI is InChI=1S/C14H10F6N2.ClH/c15-13(16,17)9-5-3-8(4-6-9)11(21)12-10(14(18,19)20)2-1-7-22-12;/h1-7,11H,21H2;1H. The van der Waals surface area contributed by atoms with E-state index in [1.165, 1.54) is 0 Å². The Labute approximate surface area is 133 Å². The molecule has 0 saturated carbocycles. The number of hydrogen-bond donors (Lipinski definition) is 1. The van der Waals surface area contributed by atoms with Gasteiger partial charge in [0.15, 0.2) is 0 Å². The lowest BCUT2D eigenvalue weighted by Crippen LogP contribution is -2.20. The molecule has 2 rings (SSSR count). The molecule has 0 aliphatic carbocycles. The van der Waals surface area contributed by atoms with Crippen molar-refractivity contribution in [1.82, 2.24) is 4.98 Å². The number of hydrogen-bond acceptors (Lipinski definition) is 2. The molecule has 0 saturated heterocycles. The van der Waals surface area contributed by atoms with Gasteiger partial charge in [0, 0.05) is 6.20 Å². The second-order valence-electron chi connectivity index (χ2n) is 4.53. The molecular weight excluding hydrogens is 346 g/mol. The number of rotatable bonds is 2. The average Bonchev–Trinajstić information content (AvgIpc) is 2.45. The van der Waals surface area contributed by atoms with Crippen LogP contribution in [0.25, 0.3) is 0 Å². The molecule has 126 valence electrons. The summed E-state index contributed by atoms with van der Waals surface area (Å²) < 4.78 is 76.1. The van der Waals surface area contributed by atoms with E-state index < -0.39 is 35.2 Å². The van der Waals surface area contributed by atoms with E-state index in [4.69, 9.17) is 5.73 Å². The topological polar surface area (TPSA) is 38.9 Å². The van der Waals surface area contributed by atoms with Crippen LogP contribution in [-0.4, -0.2) is 4.98 Å². The fraction of sp³-hybridized carbons (Fsp3) is 0.214. The lowest BCUT2D eigenvalue weighted by Gasteiger charge is -2.18. The van der Waals surface area contributed by atoms with Gasteiger partial charge in [-0.15, -0.1) is 12.4 Å². The molecule has 2 N–H and O–H groups in total. The normalized spacial score (nSPS) is 13.3. The molecule has 0 bridgehead atoms. The second kappa shape index (κ2) is 6.76. The van der Waals surface area contributed by atoms with Crippen LogP contribution in [0.2, 0.25) is 0 Å². The number of alkyl halides is 6. The van der Waals surface area contributed by atoms with Crippen molar-refractivity contribution in [3.8, 4) is 0 Å². The van der Waals surface area contributed by atoms with E-state index >= 15 is 0 Å². The van der Waals surface area contributed by atoms with Gasteiger partial charge in [-0.05, 0) is 29.8 Å². The summed E-state index contributed by atoms with van der Waals surface area (Å²) in [7, 11) is 0. The second-order valence-corrected chi connectivity index (χ2v) is 4.53. The summed E-state index contributed by atoms with van der Waals surface area (Å²) in [4.78, 5) is 3.63. The number of aromatic nitrogens is 1. The zero-order valence-corrected chi connectivity index (χ0v) is 12.1. The molecule has 1 aromatic carbocycles. The highest BCUT2D eigenvalue weighted by Gasteiger charge is 2.36. The van der Waals surface area contributed by atoms with Gasteiger partial charge in [-0.1, -0.05) is 12.1 Å². The van der Waals surface area contributed by atoms with Crippen LogP contribution in [-0.2, 0) is 12.4 Å². The van der Waals surface area contributed by atoms with E-state index in [-0.39, 0.29) is 18.0 Å².